The maximum Gasteiger partial charge on any atom is 0.355 e. The minimum absolute atomic E-state index is 0.0455. The largest absolute Gasteiger partial charge is 0.466 e. The summed E-state index contributed by atoms with van der Waals surface area (Å²) in [6, 6.07) is 9.68. The molecule has 3 aromatic rings. The number of aryl methyl sites for hydroxylation is 3. The number of anilines is 1. The monoisotopic (exact) mass is 436 g/mol. The minimum atomic E-state index is -0.647. The first kappa shape index (κ1) is 21.6. The molecule has 0 aliphatic carbocycles. The van der Waals surface area contributed by atoms with E-state index < -0.39 is 11.9 Å². The number of methoxy groups -OCH3 is 2. The topological polar surface area (TPSA) is 91.1 Å². The summed E-state index contributed by atoms with van der Waals surface area (Å²) >= 11 is 0. The summed E-state index contributed by atoms with van der Waals surface area (Å²) in [6.07, 6.45) is 0. The molecule has 4 rings (SSSR count). The molecular weight excluding hydrogens is 412 g/mol. The molecule has 1 aromatic heterocycles. The summed E-state index contributed by atoms with van der Waals surface area (Å²) < 4.78 is 21.4. The Balaban J connectivity index is 1.84. The van der Waals surface area contributed by atoms with Crippen molar-refractivity contribution in [2.24, 2.45) is 0 Å². The average Bonchev–Trinajstić information content (AvgIpc) is 3.22. The second-order valence-electron chi connectivity index (χ2n) is 7.67. The zero-order valence-electron chi connectivity index (χ0n) is 18.6. The Morgan fingerprint density at radius 2 is 1.75 bits per heavy atom. The van der Waals surface area contributed by atoms with Gasteiger partial charge in [-0.25, -0.2) is 14.6 Å². The highest BCUT2D eigenvalue weighted by Crippen LogP contribution is 2.34. The molecule has 0 N–H and O–H groups in total. The molecule has 0 amide bonds. The van der Waals surface area contributed by atoms with Gasteiger partial charge in [0.2, 0.25) is 5.89 Å². The molecule has 1 aliphatic heterocycles. The van der Waals surface area contributed by atoms with Crippen LogP contribution in [-0.2, 0) is 23.8 Å². The third-order valence-corrected chi connectivity index (χ3v) is 5.40. The lowest BCUT2D eigenvalue weighted by Gasteiger charge is -2.32. The van der Waals surface area contributed by atoms with Crippen LogP contribution < -0.4 is 4.90 Å². The number of rotatable bonds is 4. The second kappa shape index (κ2) is 8.47. The van der Waals surface area contributed by atoms with E-state index >= 15 is 0 Å². The van der Waals surface area contributed by atoms with Gasteiger partial charge in [-0.1, -0.05) is 12.1 Å². The fraction of sp³-hybridized carbons (Fsp3) is 0.292. The van der Waals surface area contributed by atoms with Gasteiger partial charge in [0.05, 0.1) is 26.4 Å². The second-order valence-corrected chi connectivity index (χ2v) is 7.67. The number of ether oxygens (including phenoxy) is 3. The number of esters is 2. The number of oxazole rings is 1. The van der Waals surface area contributed by atoms with E-state index in [4.69, 9.17) is 18.6 Å². The Morgan fingerprint density at radius 3 is 2.47 bits per heavy atom. The van der Waals surface area contributed by atoms with Gasteiger partial charge in [-0.15, -0.1) is 0 Å². The van der Waals surface area contributed by atoms with E-state index in [0.717, 1.165) is 33.4 Å². The zero-order chi connectivity index (χ0) is 23.0. The van der Waals surface area contributed by atoms with Crippen LogP contribution in [0.25, 0.3) is 22.6 Å². The molecular formula is C24H24N2O6. The highest BCUT2D eigenvalue weighted by atomic mass is 16.5. The predicted octanol–water partition coefficient (Wildman–Crippen LogP) is 3.81. The summed E-state index contributed by atoms with van der Waals surface area (Å²) in [7, 11) is 2.52. The van der Waals surface area contributed by atoms with Crippen LogP contribution in [-0.4, -0.2) is 44.5 Å². The smallest absolute Gasteiger partial charge is 0.355 e. The molecule has 1 aliphatic rings. The van der Waals surface area contributed by atoms with Gasteiger partial charge < -0.3 is 23.5 Å². The van der Waals surface area contributed by atoms with Gasteiger partial charge in [-0.3, -0.25) is 0 Å². The average molecular weight is 436 g/mol. The zero-order valence-corrected chi connectivity index (χ0v) is 18.6. The van der Waals surface area contributed by atoms with Crippen molar-refractivity contribution in [1.29, 1.82) is 0 Å². The van der Waals surface area contributed by atoms with Gasteiger partial charge >= 0.3 is 11.9 Å². The lowest BCUT2D eigenvalue weighted by Crippen LogP contribution is -2.39. The molecule has 0 unspecified atom stereocenters. The lowest BCUT2D eigenvalue weighted by molar-refractivity contribution is -0.140. The van der Waals surface area contributed by atoms with Crippen molar-refractivity contribution in [3.8, 4) is 11.5 Å². The first-order valence-electron chi connectivity index (χ1n) is 10.1. The van der Waals surface area contributed by atoms with Gasteiger partial charge in [0, 0.05) is 11.3 Å². The standard InChI is InChI=1S/C24H24N2O6/c1-13-8-15(3)21-18(9-13)25-22(32-21)16-7-6-14(2)19(10-16)26-12-31-11-17(23(27)29-4)20(26)24(28)30-5/h6-10H,11-12H2,1-5H3. The fourth-order valence-corrected chi connectivity index (χ4v) is 3.87. The van der Waals surface area contributed by atoms with Crippen LogP contribution in [0.15, 0.2) is 46.0 Å². The summed E-state index contributed by atoms with van der Waals surface area (Å²) in [5.74, 6) is -0.829. The molecule has 2 heterocycles. The van der Waals surface area contributed by atoms with Gasteiger partial charge in [-0.2, -0.15) is 0 Å². The predicted molar refractivity (Wildman–Crippen MR) is 118 cm³/mol. The van der Waals surface area contributed by atoms with Crippen LogP contribution in [0.5, 0.6) is 0 Å². The Bertz CT molecular complexity index is 1260. The highest BCUT2D eigenvalue weighted by Gasteiger charge is 2.33. The van der Waals surface area contributed by atoms with Crippen molar-refractivity contribution < 1.29 is 28.2 Å². The fourth-order valence-electron chi connectivity index (χ4n) is 3.87. The Kier molecular flexibility index (Phi) is 5.71. The molecule has 0 radical (unpaired) electrons. The van der Waals surface area contributed by atoms with E-state index in [-0.39, 0.29) is 24.6 Å². The molecule has 0 spiro atoms. The molecule has 8 heteroatoms. The Labute approximate surface area is 185 Å². The number of carbonyl (C=O) groups is 2. The molecule has 0 fully saturated rings. The lowest BCUT2D eigenvalue weighted by atomic mass is 10.1. The highest BCUT2D eigenvalue weighted by molar-refractivity contribution is 6.03. The van der Waals surface area contributed by atoms with Crippen molar-refractivity contribution in [3.63, 3.8) is 0 Å². The van der Waals surface area contributed by atoms with Crippen LogP contribution in [0.2, 0.25) is 0 Å². The number of fused-ring (bicyclic) bond motifs is 1. The molecule has 0 atom stereocenters. The van der Waals surface area contributed by atoms with Crippen LogP contribution in [0.3, 0.4) is 0 Å². The maximum absolute atomic E-state index is 12.6. The van der Waals surface area contributed by atoms with E-state index in [1.807, 2.05) is 51.1 Å². The number of aromatic nitrogens is 1. The van der Waals surface area contributed by atoms with Crippen molar-refractivity contribution in [1.82, 2.24) is 4.98 Å². The number of hydrogen-bond donors (Lipinski definition) is 0. The van der Waals surface area contributed by atoms with E-state index in [0.29, 0.717) is 11.6 Å². The van der Waals surface area contributed by atoms with E-state index in [2.05, 4.69) is 4.98 Å². The molecule has 0 bridgehead atoms. The first-order chi connectivity index (χ1) is 15.3. The van der Waals surface area contributed by atoms with Gasteiger partial charge in [0.25, 0.3) is 0 Å². The minimum Gasteiger partial charge on any atom is -0.466 e. The maximum atomic E-state index is 12.6. The third-order valence-electron chi connectivity index (χ3n) is 5.40. The molecule has 8 nitrogen and oxygen atoms in total. The first-order valence-corrected chi connectivity index (χ1v) is 10.1. The molecule has 166 valence electrons. The summed E-state index contributed by atoms with van der Waals surface area (Å²) in [4.78, 5) is 31.2. The van der Waals surface area contributed by atoms with Crippen molar-refractivity contribution in [2.75, 3.05) is 32.5 Å². The van der Waals surface area contributed by atoms with Crippen LogP contribution >= 0.6 is 0 Å². The number of nitrogens with zero attached hydrogens (tertiary/aromatic N) is 2. The van der Waals surface area contributed by atoms with E-state index in [9.17, 15) is 9.59 Å². The Hall–Kier alpha value is -3.65. The van der Waals surface area contributed by atoms with Gasteiger partial charge in [-0.05, 0) is 55.7 Å². The third kappa shape index (κ3) is 3.73. The molecule has 2 aromatic carbocycles. The molecule has 0 saturated carbocycles. The SMILES string of the molecule is COC(=O)C1=C(C(=O)OC)N(c2cc(-c3nc4cc(C)cc(C)c4o3)ccc2C)COC1. The van der Waals surface area contributed by atoms with Gasteiger partial charge in [0.15, 0.2) is 5.58 Å². The number of hydrogen-bond acceptors (Lipinski definition) is 8. The van der Waals surface area contributed by atoms with Crippen LogP contribution in [0.1, 0.15) is 16.7 Å². The summed E-state index contributed by atoms with van der Waals surface area (Å²) in [5, 5.41) is 0. The van der Waals surface area contributed by atoms with Crippen molar-refractivity contribution >= 4 is 28.7 Å². The van der Waals surface area contributed by atoms with Crippen LogP contribution in [0.4, 0.5) is 5.69 Å². The van der Waals surface area contributed by atoms with E-state index in [1.54, 1.807) is 4.90 Å². The quantitative estimate of drug-likeness (QED) is 0.570. The van der Waals surface area contributed by atoms with Crippen LogP contribution in [0, 0.1) is 20.8 Å². The number of carbonyl (C=O) groups excluding carboxylic acids is 2. The molecule has 0 saturated heterocycles. The van der Waals surface area contributed by atoms with E-state index in [1.165, 1.54) is 14.2 Å². The van der Waals surface area contributed by atoms with Gasteiger partial charge in [0.1, 0.15) is 17.9 Å². The summed E-state index contributed by atoms with van der Waals surface area (Å²) in [6.45, 7) is 5.93. The molecule has 32 heavy (non-hydrogen) atoms. The normalized spacial score (nSPS) is 14.1. The Morgan fingerprint density at radius 1 is 1.00 bits per heavy atom. The van der Waals surface area contributed by atoms with Crippen molar-refractivity contribution in [3.05, 3.63) is 58.3 Å². The van der Waals surface area contributed by atoms with Crippen molar-refractivity contribution in [2.45, 2.75) is 20.8 Å². The number of benzene rings is 2. The summed E-state index contributed by atoms with van der Waals surface area (Å²) in [5.41, 5.74) is 6.09.